The van der Waals surface area contributed by atoms with E-state index in [1.807, 2.05) is 18.2 Å². The second kappa shape index (κ2) is 6.77. The lowest BCUT2D eigenvalue weighted by molar-refractivity contribution is 0.566. The Morgan fingerprint density at radius 2 is 1.88 bits per heavy atom. The minimum absolute atomic E-state index is 0.248. The summed E-state index contributed by atoms with van der Waals surface area (Å²) in [6, 6.07) is 10.1. The van der Waals surface area contributed by atoms with E-state index in [1.54, 1.807) is 0 Å². The Labute approximate surface area is 104 Å². The van der Waals surface area contributed by atoms with Gasteiger partial charge in [-0.05, 0) is 24.4 Å². The molecule has 0 spiro atoms. The van der Waals surface area contributed by atoms with E-state index in [-0.39, 0.29) is 11.7 Å². The minimum atomic E-state index is -2.88. The quantitative estimate of drug-likeness (QED) is 0.808. The molecule has 0 aliphatic heterocycles. The molecule has 4 heteroatoms. The number of likely N-dealkylation sites (N-methyl/N-ethyl adjacent to an activating group) is 1. The summed E-state index contributed by atoms with van der Waals surface area (Å²) in [6.45, 7) is 3.79. The van der Waals surface area contributed by atoms with Crippen molar-refractivity contribution >= 4 is 9.84 Å². The molecule has 0 radical (unpaired) electrons. The van der Waals surface area contributed by atoms with Gasteiger partial charge in [0.15, 0.2) is 0 Å². The van der Waals surface area contributed by atoms with Crippen LogP contribution < -0.4 is 5.32 Å². The SMILES string of the molecule is CCNCC(CCS(C)(=O)=O)c1ccccc1. The second-order valence-electron chi connectivity index (χ2n) is 4.33. The molecule has 1 N–H and O–H groups in total. The van der Waals surface area contributed by atoms with E-state index in [0.29, 0.717) is 6.42 Å². The van der Waals surface area contributed by atoms with Gasteiger partial charge in [-0.1, -0.05) is 37.3 Å². The summed E-state index contributed by atoms with van der Waals surface area (Å²) in [5.74, 6) is 0.517. The molecule has 0 saturated carbocycles. The van der Waals surface area contributed by atoms with Gasteiger partial charge in [0.05, 0.1) is 5.75 Å². The van der Waals surface area contributed by atoms with Crippen LogP contribution in [-0.2, 0) is 9.84 Å². The number of benzene rings is 1. The lowest BCUT2D eigenvalue weighted by atomic mass is 9.96. The Hall–Kier alpha value is -0.870. The van der Waals surface area contributed by atoms with Gasteiger partial charge < -0.3 is 5.32 Å². The van der Waals surface area contributed by atoms with Crippen molar-refractivity contribution in [2.75, 3.05) is 25.1 Å². The first-order valence-corrected chi connectivity index (χ1v) is 8.02. The molecular formula is C13H21NO2S. The van der Waals surface area contributed by atoms with Crippen molar-refractivity contribution in [3.63, 3.8) is 0 Å². The van der Waals surface area contributed by atoms with Gasteiger partial charge in [0.1, 0.15) is 9.84 Å². The highest BCUT2D eigenvalue weighted by Gasteiger charge is 2.13. The molecule has 0 bridgehead atoms. The fourth-order valence-corrected chi connectivity index (χ4v) is 2.50. The molecule has 0 aliphatic carbocycles. The Bertz CT molecular complexity index is 414. The zero-order valence-electron chi connectivity index (χ0n) is 10.5. The lowest BCUT2D eigenvalue weighted by Gasteiger charge is -2.17. The van der Waals surface area contributed by atoms with Crippen LogP contribution >= 0.6 is 0 Å². The van der Waals surface area contributed by atoms with Crippen LogP contribution in [0.25, 0.3) is 0 Å². The van der Waals surface area contributed by atoms with Crippen molar-refractivity contribution in [2.24, 2.45) is 0 Å². The van der Waals surface area contributed by atoms with Gasteiger partial charge in [0.25, 0.3) is 0 Å². The zero-order valence-corrected chi connectivity index (χ0v) is 11.3. The van der Waals surface area contributed by atoms with Gasteiger partial charge in [0, 0.05) is 12.8 Å². The van der Waals surface area contributed by atoms with E-state index in [9.17, 15) is 8.42 Å². The molecule has 1 atom stereocenters. The van der Waals surface area contributed by atoms with Crippen molar-refractivity contribution in [1.29, 1.82) is 0 Å². The van der Waals surface area contributed by atoms with Gasteiger partial charge >= 0.3 is 0 Å². The fraction of sp³-hybridized carbons (Fsp3) is 0.538. The number of nitrogens with one attached hydrogen (secondary N) is 1. The maximum Gasteiger partial charge on any atom is 0.147 e. The third-order valence-corrected chi connectivity index (χ3v) is 3.73. The largest absolute Gasteiger partial charge is 0.316 e. The van der Waals surface area contributed by atoms with Crippen molar-refractivity contribution in [3.8, 4) is 0 Å². The van der Waals surface area contributed by atoms with E-state index < -0.39 is 9.84 Å². The molecular weight excluding hydrogens is 234 g/mol. The van der Waals surface area contributed by atoms with Gasteiger partial charge in [-0.15, -0.1) is 0 Å². The van der Waals surface area contributed by atoms with Crippen molar-refractivity contribution in [3.05, 3.63) is 35.9 Å². The molecule has 0 fully saturated rings. The van der Waals surface area contributed by atoms with Crippen molar-refractivity contribution in [2.45, 2.75) is 19.3 Å². The number of rotatable bonds is 7. The first-order valence-electron chi connectivity index (χ1n) is 5.96. The zero-order chi connectivity index (χ0) is 12.7. The molecule has 1 aromatic carbocycles. The molecule has 1 unspecified atom stereocenters. The van der Waals surface area contributed by atoms with Crippen LogP contribution in [0.1, 0.15) is 24.8 Å². The number of hydrogen-bond acceptors (Lipinski definition) is 3. The molecule has 0 saturated heterocycles. The Kier molecular flexibility index (Phi) is 5.65. The van der Waals surface area contributed by atoms with E-state index in [0.717, 1.165) is 13.1 Å². The summed E-state index contributed by atoms with van der Waals surface area (Å²) < 4.78 is 22.4. The molecule has 96 valence electrons. The molecule has 1 rings (SSSR count). The molecule has 0 amide bonds. The normalized spacial score (nSPS) is 13.5. The van der Waals surface area contributed by atoms with Crippen LogP contribution in [0.2, 0.25) is 0 Å². The fourth-order valence-electron chi connectivity index (χ4n) is 1.79. The third-order valence-electron chi connectivity index (χ3n) is 2.75. The number of sulfone groups is 1. The first-order chi connectivity index (χ1) is 8.03. The molecule has 0 aromatic heterocycles. The molecule has 0 aliphatic rings. The standard InChI is InChI=1S/C13H21NO2S/c1-3-14-11-13(9-10-17(2,15)16)12-7-5-4-6-8-12/h4-8,13-14H,3,9-11H2,1-2H3. The average Bonchev–Trinajstić information content (AvgIpc) is 2.29. The van der Waals surface area contributed by atoms with Gasteiger partial charge in [-0.2, -0.15) is 0 Å². The summed E-state index contributed by atoms with van der Waals surface area (Å²) in [6.07, 6.45) is 1.97. The summed E-state index contributed by atoms with van der Waals surface area (Å²) in [7, 11) is -2.88. The molecule has 0 heterocycles. The monoisotopic (exact) mass is 255 g/mol. The summed E-state index contributed by atoms with van der Waals surface area (Å²) >= 11 is 0. The Morgan fingerprint density at radius 3 is 2.41 bits per heavy atom. The summed E-state index contributed by atoms with van der Waals surface area (Å²) in [5, 5.41) is 3.29. The van der Waals surface area contributed by atoms with Crippen LogP contribution in [-0.4, -0.2) is 33.5 Å². The first kappa shape index (κ1) is 14.2. The highest BCUT2D eigenvalue weighted by molar-refractivity contribution is 7.90. The van der Waals surface area contributed by atoms with Crippen LogP contribution in [0.15, 0.2) is 30.3 Å². The Balaban J connectivity index is 2.67. The number of hydrogen-bond donors (Lipinski definition) is 1. The van der Waals surface area contributed by atoms with Crippen LogP contribution in [0.3, 0.4) is 0 Å². The molecule has 1 aromatic rings. The topological polar surface area (TPSA) is 46.2 Å². The third kappa shape index (κ3) is 5.84. The van der Waals surface area contributed by atoms with Crippen LogP contribution in [0.4, 0.5) is 0 Å². The van der Waals surface area contributed by atoms with Gasteiger partial charge in [0.2, 0.25) is 0 Å². The van der Waals surface area contributed by atoms with Crippen LogP contribution in [0, 0.1) is 0 Å². The Morgan fingerprint density at radius 1 is 1.24 bits per heavy atom. The van der Waals surface area contributed by atoms with E-state index in [4.69, 9.17) is 0 Å². The highest BCUT2D eigenvalue weighted by atomic mass is 32.2. The maximum atomic E-state index is 11.2. The second-order valence-corrected chi connectivity index (χ2v) is 6.59. The van der Waals surface area contributed by atoms with Crippen molar-refractivity contribution in [1.82, 2.24) is 5.32 Å². The smallest absolute Gasteiger partial charge is 0.147 e. The van der Waals surface area contributed by atoms with Crippen molar-refractivity contribution < 1.29 is 8.42 Å². The van der Waals surface area contributed by atoms with Gasteiger partial charge in [-0.25, -0.2) is 8.42 Å². The summed E-state index contributed by atoms with van der Waals surface area (Å²) in [5.41, 5.74) is 1.21. The predicted octanol–water partition coefficient (Wildman–Crippen LogP) is 1.81. The highest BCUT2D eigenvalue weighted by Crippen LogP contribution is 2.19. The average molecular weight is 255 g/mol. The lowest BCUT2D eigenvalue weighted by Crippen LogP contribution is -2.23. The minimum Gasteiger partial charge on any atom is -0.316 e. The van der Waals surface area contributed by atoms with Crippen LogP contribution in [0.5, 0.6) is 0 Å². The van der Waals surface area contributed by atoms with Gasteiger partial charge in [-0.3, -0.25) is 0 Å². The van der Waals surface area contributed by atoms with E-state index in [1.165, 1.54) is 11.8 Å². The molecule has 3 nitrogen and oxygen atoms in total. The maximum absolute atomic E-state index is 11.2. The molecule has 17 heavy (non-hydrogen) atoms. The van der Waals surface area contributed by atoms with E-state index >= 15 is 0 Å². The summed E-state index contributed by atoms with van der Waals surface area (Å²) in [4.78, 5) is 0. The van der Waals surface area contributed by atoms with E-state index in [2.05, 4.69) is 24.4 Å². The predicted molar refractivity (Wildman–Crippen MR) is 72.1 cm³/mol.